The summed E-state index contributed by atoms with van der Waals surface area (Å²) >= 11 is 9.72. The van der Waals surface area contributed by atoms with E-state index in [0.717, 1.165) is 0 Å². The van der Waals surface area contributed by atoms with Crippen molar-refractivity contribution in [3.8, 4) is 0 Å². The van der Waals surface area contributed by atoms with Crippen LogP contribution in [-0.4, -0.2) is 88.1 Å². The molecule has 10 nitrogen and oxygen atoms in total. The second kappa shape index (κ2) is 13.3. The Morgan fingerprint density at radius 1 is 1.29 bits per heavy atom. The Morgan fingerprint density at radius 2 is 1.98 bits per heavy atom. The molecule has 3 fully saturated rings. The number of carbonyl (C=O) groups excluding carboxylic acids is 4. The number of fused-ring (bicyclic) bond motifs is 1. The van der Waals surface area contributed by atoms with E-state index in [4.69, 9.17) is 21.1 Å². The fraction of sp³-hybridized carbons (Fsp3) is 0.533. The predicted molar refractivity (Wildman–Crippen MR) is 161 cm³/mol. The predicted octanol–water partition coefficient (Wildman–Crippen LogP) is 3.00. The molecule has 3 aliphatic rings. The maximum absolute atomic E-state index is 14.4. The van der Waals surface area contributed by atoms with E-state index >= 15 is 0 Å². The number of benzene rings is 1. The van der Waals surface area contributed by atoms with Crippen LogP contribution in [0.15, 0.2) is 49.6 Å². The molecule has 4 rings (SSSR count). The Labute approximate surface area is 259 Å². The second-order valence-electron chi connectivity index (χ2n) is 11.0. The molecule has 228 valence electrons. The highest BCUT2D eigenvalue weighted by molar-refractivity contribution is 9.09. The van der Waals surface area contributed by atoms with E-state index in [1.54, 1.807) is 50.3 Å². The number of nitrogens with zero attached hydrogens (tertiary/aromatic N) is 2. The van der Waals surface area contributed by atoms with E-state index in [1.807, 2.05) is 0 Å². The molecule has 0 aliphatic carbocycles. The molecule has 1 spiro atoms. The number of aliphatic hydroxyl groups excluding tert-OH is 1. The highest BCUT2D eigenvalue weighted by Crippen LogP contribution is 2.60. The molecule has 3 aliphatic heterocycles. The fourth-order valence-corrected chi connectivity index (χ4v) is 7.37. The molecular formula is C30H37BrClN3O7. The molecule has 2 N–H and O–H groups in total. The van der Waals surface area contributed by atoms with Crippen LogP contribution < -0.4 is 10.2 Å². The molecular weight excluding hydrogens is 630 g/mol. The van der Waals surface area contributed by atoms with Gasteiger partial charge in [-0.05, 0) is 51.0 Å². The summed E-state index contributed by atoms with van der Waals surface area (Å²) < 4.78 is 12.2. The molecule has 1 unspecified atom stereocenters. The minimum atomic E-state index is -1.33. The van der Waals surface area contributed by atoms with Gasteiger partial charge in [-0.15, -0.1) is 13.2 Å². The van der Waals surface area contributed by atoms with Gasteiger partial charge in [-0.2, -0.15) is 0 Å². The molecule has 0 radical (unpaired) electrons. The number of nitrogens with one attached hydrogen (secondary N) is 1. The first kappa shape index (κ1) is 32.2. The highest BCUT2D eigenvalue weighted by Gasteiger charge is 2.77. The number of hydrogen-bond donors (Lipinski definition) is 2. The van der Waals surface area contributed by atoms with Crippen molar-refractivity contribution in [1.82, 2.24) is 10.2 Å². The maximum Gasteiger partial charge on any atom is 0.312 e. The largest absolute Gasteiger partial charge is 0.460 e. The van der Waals surface area contributed by atoms with E-state index in [9.17, 15) is 24.3 Å². The summed E-state index contributed by atoms with van der Waals surface area (Å²) in [5.41, 5.74) is -0.773. The van der Waals surface area contributed by atoms with Crippen molar-refractivity contribution in [1.29, 1.82) is 0 Å². The molecule has 3 amide bonds. The van der Waals surface area contributed by atoms with Crippen molar-refractivity contribution < 1.29 is 33.8 Å². The van der Waals surface area contributed by atoms with Gasteiger partial charge in [-0.3, -0.25) is 19.2 Å². The third-order valence-corrected chi connectivity index (χ3v) is 9.26. The zero-order valence-corrected chi connectivity index (χ0v) is 26.1. The van der Waals surface area contributed by atoms with Crippen molar-refractivity contribution in [3.05, 3.63) is 54.6 Å². The lowest BCUT2D eigenvalue weighted by Crippen LogP contribution is -2.58. The Morgan fingerprint density at radius 3 is 2.60 bits per heavy atom. The number of aliphatic hydroxyl groups is 1. The summed E-state index contributed by atoms with van der Waals surface area (Å²) in [6.45, 7) is 10.6. The van der Waals surface area contributed by atoms with E-state index in [0.29, 0.717) is 23.6 Å². The van der Waals surface area contributed by atoms with Crippen molar-refractivity contribution in [2.45, 2.75) is 67.8 Å². The van der Waals surface area contributed by atoms with Gasteiger partial charge in [-0.25, -0.2) is 0 Å². The van der Waals surface area contributed by atoms with Crippen LogP contribution in [0.5, 0.6) is 0 Å². The molecule has 8 atom stereocenters. The molecule has 0 aromatic heterocycles. The maximum atomic E-state index is 14.4. The first-order valence-corrected chi connectivity index (χ1v) is 15.3. The molecule has 42 heavy (non-hydrogen) atoms. The lowest BCUT2D eigenvalue weighted by molar-refractivity contribution is -0.159. The fourth-order valence-electron chi connectivity index (χ4n) is 6.30. The number of halogens is 2. The molecule has 1 aromatic carbocycles. The minimum absolute atomic E-state index is 0.105. The Balaban J connectivity index is 1.64. The number of allylic oxidation sites excluding steroid dienone is 1. The van der Waals surface area contributed by atoms with E-state index in [1.165, 1.54) is 9.80 Å². The minimum Gasteiger partial charge on any atom is -0.460 e. The number of likely N-dealkylation sites (tertiary alicyclic amines) is 1. The zero-order chi connectivity index (χ0) is 30.8. The lowest BCUT2D eigenvalue weighted by Gasteiger charge is -2.38. The second-order valence-corrected chi connectivity index (χ2v) is 12.6. The first-order valence-electron chi connectivity index (χ1n) is 14.0. The first-order chi connectivity index (χ1) is 20.0. The molecule has 1 aromatic rings. The van der Waals surface area contributed by atoms with Gasteiger partial charge >= 0.3 is 5.97 Å². The van der Waals surface area contributed by atoms with Gasteiger partial charge in [0, 0.05) is 28.5 Å². The number of alkyl halides is 1. The summed E-state index contributed by atoms with van der Waals surface area (Å²) in [4.78, 5) is 56.7. The van der Waals surface area contributed by atoms with Gasteiger partial charge in [0.25, 0.3) is 5.91 Å². The van der Waals surface area contributed by atoms with Crippen LogP contribution in [0.25, 0.3) is 0 Å². The number of esters is 1. The Hall–Kier alpha value is -2.73. The number of amides is 3. The van der Waals surface area contributed by atoms with Crippen molar-refractivity contribution in [3.63, 3.8) is 0 Å². The standard InChI is InChI=1S/C30H37BrClN3O7/c1-5-7-8-22(37)33-15-18(4)41-29(40)23-24-27(38)35(17(3)16-36)26(30(24)14-21(31)25(23)42-30)28(39)34(13-6-2)20-11-9-19(32)10-12-20/h5-6,9-12,17-18,21,23-26,36H,1-2,7-8,13-16H2,3-4H3,(H,33,37)/t17-,18+,21?,23-,24+,25-,26-,30+/m1/s1. The molecule has 12 heteroatoms. The third kappa shape index (κ3) is 5.89. The van der Waals surface area contributed by atoms with Crippen LogP contribution in [0.2, 0.25) is 5.02 Å². The normalized spacial score (nSPS) is 29.0. The average molecular weight is 667 g/mol. The summed E-state index contributed by atoms with van der Waals surface area (Å²) in [7, 11) is 0. The number of hydrogen-bond acceptors (Lipinski definition) is 7. The van der Waals surface area contributed by atoms with Gasteiger partial charge in [0.1, 0.15) is 17.7 Å². The highest BCUT2D eigenvalue weighted by atomic mass is 79.9. The molecule has 0 saturated carbocycles. The smallest absolute Gasteiger partial charge is 0.312 e. The number of carbonyl (C=O) groups is 4. The van der Waals surface area contributed by atoms with Crippen molar-refractivity contribution in [2.24, 2.45) is 11.8 Å². The van der Waals surface area contributed by atoms with Gasteiger partial charge in [-0.1, -0.05) is 39.7 Å². The summed E-state index contributed by atoms with van der Waals surface area (Å²) in [6.07, 6.45) is 2.98. The zero-order valence-electron chi connectivity index (χ0n) is 23.7. The molecule has 3 heterocycles. The monoisotopic (exact) mass is 665 g/mol. The molecule has 3 saturated heterocycles. The molecule has 2 bridgehead atoms. The quantitative estimate of drug-likeness (QED) is 0.188. The Kier molecular flexibility index (Phi) is 10.2. The third-order valence-electron chi connectivity index (χ3n) is 8.17. The van der Waals surface area contributed by atoms with Crippen LogP contribution in [0, 0.1) is 11.8 Å². The van der Waals surface area contributed by atoms with Gasteiger partial charge in [0.05, 0.1) is 37.1 Å². The SMILES string of the molecule is C=CCCC(=O)NC[C@H](C)OC(=O)[C@H]1[C@@H]2O[C@@]3(CC2Br)[C@@H]1C(=O)N([C@H](C)CO)[C@@H]3C(=O)N(CC=C)c1ccc(Cl)cc1. The Bertz CT molecular complexity index is 1230. The van der Waals surface area contributed by atoms with Crippen LogP contribution in [-0.2, 0) is 28.7 Å². The van der Waals surface area contributed by atoms with E-state index in [-0.39, 0.29) is 36.9 Å². The van der Waals surface area contributed by atoms with Crippen LogP contribution in [0.1, 0.15) is 33.1 Å². The topological polar surface area (TPSA) is 125 Å². The van der Waals surface area contributed by atoms with Crippen LogP contribution in [0.4, 0.5) is 5.69 Å². The number of anilines is 1. The van der Waals surface area contributed by atoms with Crippen LogP contribution in [0.3, 0.4) is 0 Å². The van der Waals surface area contributed by atoms with Crippen molar-refractivity contribution >= 4 is 56.9 Å². The van der Waals surface area contributed by atoms with E-state index in [2.05, 4.69) is 34.4 Å². The van der Waals surface area contributed by atoms with Crippen LogP contribution >= 0.6 is 27.5 Å². The van der Waals surface area contributed by atoms with E-state index < -0.39 is 59.5 Å². The van der Waals surface area contributed by atoms with Gasteiger partial charge in [0.2, 0.25) is 11.8 Å². The summed E-state index contributed by atoms with van der Waals surface area (Å²) in [5, 5.41) is 13.3. The number of rotatable bonds is 13. The lowest BCUT2D eigenvalue weighted by atomic mass is 9.70. The average Bonchev–Trinajstić information content (AvgIpc) is 3.56. The summed E-state index contributed by atoms with van der Waals surface area (Å²) in [5.74, 6) is -3.66. The summed E-state index contributed by atoms with van der Waals surface area (Å²) in [6, 6.07) is 4.89. The van der Waals surface area contributed by atoms with Gasteiger partial charge < -0.3 is 29.7 Å². The van der Waals surface area contributed by atoms with Gasteiger partial charge in [0.15, 0.2) is 0 Å². The van der Waals surface area contributed by atoms with Crippen molar-refractivity contribution in [2.75, 3.05) is 24.6 Å². The number of ether oxygens (including phenoxy) is 2.